The zero-order chi connectivity index (χ0) is 15.5. The van der Waals surface area contributed by atoms with E-state index in [0.717, 1.165) is 17.4 Å². The minimum atomic E-state index is 0.0467. The van der Waals surface area contributed by atoms with Crippen LogP contribution in [0, 0.1) is 6.92 Å². The normalized spacial score (nSPS) is 21.2. The first-order valence-electron chi connectivity index (χ1n) is 7.36. The smallest absolute Gasteiger partial charge is 0.170 e. The van der Waals surface area contributed by atoms with Gasteiger partial charge in [-0.1, -0.05) is 6.07 Å². The van der Waals surface area contributed by atoms with Gasteiger partial charge < -0.3 is 15.3 Å². The molecule has 0 amide bonds. The van der Waals surface area contributed by atoms with Crippen LogP contribution in [0.25, 0.3) is 0 Å². The van der Waals surface area contributed by atoms with Gasteiger partial charge >= 0.3 is 0 Å². The maximum absolute atomic E-state index is 9.16. The van der Waals surface area contributed by atoms with Crippen molar-refractivity contribution in [2.24, 2.45) is 0 Å². The molecule has 0 radical (unpaired) electrons. The lowest BCUT2D eigenvalue weighted by Crippen LogP contribution is -2.30. The first-order chi connectivity index (χ1) is 10.7. The zero-order valence-corrected chi connectivity index (χ0v) is 14.0. The van der Waals surface area contributed by atoms with Gasteiger partial charge in [0.1, 0.15) is 0 Å². The highest BCUT2D eigenvalue weighted by atomic mass is 32.1. The van der Waals surface area contributed by atoms with Gasteiger partial charge in [0.15, 0.2) is 5.11 Å². The van der Waals surface area contributed by atoms with Gasteiger partial charge in [-0.3, -0.25) is 4.98 Å². The molecule has 0 spiro atoms. The largest absolute Gasteiger partial charge is 0.396 e. The van der Waals surface area contributed by atoms with Crippen molar-refractivity contribution in [3.63, 3.8) is 0 Å². The Morgan fingerprint density at radius 1 is 1.36 bits per heavy atom. The van der Waals surface area contributed by atoms with Crippen LogP contribution in [0.4, 0.5) is 0 Å². The van der Waals surface area contributed by atoms with E-state index in [4.69, 9.17) is 17.3 Å². The Bertz CT molecular complexity index is 644. The van der Waals surface area contributed by atoms with Crippen molar-refractivity contribution in [2.45, 2.75) is 25.4 Å². The highest BCUT2D eigenvalue weighted by Crippen LogP contribution is 2.41. The predicted molar refractivity (Wildman–Crippen MR) is 92.9 cm³/mol. The molecule has 3 heterocycles. The summed E-state index contributed by atoms with van der Waals surface area (Å²) in [6.45, 7) is 3.03. The summed E-state index contributed by atoms with van der Waals surface area (Å²) in [5.74, 6) is 0. The van der Waals surface area contributed by atoms with Crippen molar-refractivity contribution in [2.75, 3.05) is 13.2 Å². The molecule has 4 nitrogen and oxygen atoms in total. The van der Waals surface area contributed by atoms with Crippen molar-refractivity contribution < 1.29 is 5.11 Å². The fraction of sp³-hybridized carbons (Fsp3) is 0.375. The first-order valence-corrected chi connectivity index (χ1v) is 8.58. The average Bonchev–Trinajstić information content (AvgIpc) is 3.09. The maximum Gasteiger partial charge on any atom is 0.170 e. The van der Waals surface area contributed by atoms with Crippen LogP contribution in [0.1, 0.15) is 34.0 Å². The molecule has 2 N–H and O–H groups in total. The number of aliphatic hydroxyl groups is 1. The van der Waals surface area contributed by atoms with Crippen LogP contribution in [0.15, 0.2) is 36.5 Å². The van der Waals surface area contributed by atoms with Gasteiger partial charge in [-0.2, -0.15) is 0 Å². The van der Waals surface area contributed by atoms with Crippen LogP contribution >= 0.6 is 23.6 Å². The molecule has 6 heteroatoms. The van der Waals surface area contributed by atoms with Gasteiger partial charge in [0, 0.05) is 29.1 Å². The molecule has 22 heavy (non-hydrogen) atoms. The summed E-state index contributed by atoms with van der Waals surface area (Å²) < 4.78 is 0. The molecule has 2 aromatic heterocycles. The minimum absolute atomic E-state index is 0.0467. The van der Waals surface area contributed by atoms with Crippen molar-refractivity contribution >= 4 is 28.7 Å². The molecule has 116 valence electrons. The van der Waals surface area contributed by atoms with Gasteiger partial charge in [0.2, 0.25) is 0 Å². The Kier molecular flexibility index (Phi) is 4.71. The Morgan fingerprint density at radius 2 is 2.23 bits per heavy atom. The molecule has 1 saturated heterocycles. The molecule has 1 fully saturated rings. The molecule has 1 aliphatic heterocycles. The molecule has 0 aliphatic carbocycles. The molecular weight excluding hydrogens is 314 g/mol. The maximum atomic E-state index is 9.16. The fourth-order valence-electron chi connectivity index (χ4n) is 2.81. The monoisotopic (exact) mass is 333 g/mol. The van der Waals surface area contributed by atoms with E-state index in [-0.39, 0.29) is 18.7 Å². The molecule has 3 rings (SSSR count). The van der Waals surface area contributed by atoms with Crippen LogP contribution in [0.5, 0.6) is 0 Å². The molecule has 2 unspecified atom stereocenters. The minimum Gasteiger partial charge on any atom is -0.396 e. The lowest BCUT2D eigenvalue weighted by Gasteiger charge is -2.26. The number of pyridine rings is 1. The number of aromatic nitrogens is 1. The number of thiophene rings is 1. The number of nitrogens with zero attached hydrogens (tertiary/aromatic N) is 2. The second-order valence-corrected chi connectivity index (χ2v) is 7.05. The average molecular weight is 333 g/mol. The van der Waals surface area contributed by atoms with Gasteiger partial charge in [-0.05, 0) is 49.8 Å². The molecule has 0 bridgehead atoms. The van der Waals surface area contributed by atoms with E-state index in [1.807, 2.05) is 24.4 Å². The van der Waals surface area contributed by atoms with Crippen LogP contribution in [0.3, 0.4) is 0 Å². The van der Waals surface area contributed by atoms with Crippen molar-refractivity contribution in [1.82, 2.24) is 15.2 Å². The Morgan fingerprint density at radius 3 is 2.86 bits per heavy atom. The lowest BCUT2D eigenvalue weighted by molar-refractivity contribution is 0.249. The summed E-state index contributed by atoms with van der Waals surface area (Å²) in [6, 6.07) is 10.4. The SMILES string of the molecule is Cc1ccc(C2C(c3ccccn3)NC(=S)N2CCCO)s1. The molecule has 2 aromatic rings. The summed E-state index contributed by atoms with van der Waals surface area (Å²) >= 11 is 7.32. The van der Waals surface area contributed by atoms with Crippen molar-refractivity contribution in [1.29, 1.82) is 0 Å². The Balaban J connectivity index is 1.96. The van der Waals surface area contributed by atoms with E-state index >= 15 is 0 Å². The third-order valence-corrected chi connectivity index (χ3v) is 5.23. The van der Waals surface area contributed by atoms with Crippen LogP contribution in [0.2, 0.25) is 0 Å². The molecule has 0 saturated carbocycles. The predicted octanol–water partition coefficient (Wildman–Crippen LogP) is 2.81. The lowest BCUT2D eigenvalue weighted by atomic mass is 10.0. The highest BCUT2D eigenvalue weighted by Gasteiger charge is 2.39. The summed E-state index contributed by atoms with van der Waals surface area (Å²) in [7, 11) is 0. The number of hydrogen-bond acceptors (Lipinski definition) is 4. The zero-order valence-electron chi connectivity index (χ0n) is 12.4. The van der Waals surface area contributed by atoms with E-state index in [9.17, 15) is 0 Å². The second kappa shape index (κ2) is 6.73. The summed E-state index contributed by atoms with van der Waals surface area (Å²) in [5.41, 5.74) is 0.993. The van der Waals surface area contributed by atoms with Gasteiger partial charge in [0.05, 0.1) is 17.8 Å². The second-order valence-electron chi connectivity index (χ2n) is 5.35. The molecule has 2 atom stereocenters. The number of aryl methyl sites for hydroxylation is 1. The van der Waals surface area contributed by atoms with E-state index in [0.29, 0.717) is 6.42 Å². The van der Waals surface area contributed by atoms with Crippen LogP contribution < -0.4 is 5.32 Å². The van der Waals surface area contributed by atoms with Gasteiger partial charge in [0.25, 0.3) is 0 Å². The summed E-state index contributed by atoms with van der Waals surface area (Å²) in [4.78, 5) is 9.24. The molecular formula is C16H19N3OS2. The third kappa shape index (κ3) is 2.99. The van der Waals surface area contributed by atoms with Crippen LogP contribution in [-0.2, 0) is 0 Å². The number of hydrogen-bond donors (Lipinski definition) is 2. The summed E-state index contributed by atoms with van der Waals surface area (Å²) in [5, 5.41) is 13.3. The Hall–Kier alpha value is -1.50. The highest BCUT2D eigenvalue weighted by molar-refractivity contribution is 7.80. The Labute approximate surface area is 139 Å². The van der Waals surface area contributed by atoms with Gasteiger partial charge in [-0.15, -0.1) is 11.3 Å². The van der Waals surface area contributed by atoms with Crippen molar-refractivity contribution in [3.05, 3.63) is 52.0 Å². The molecule has 0 aromatic carbocycles. The van der Waals surface area contributed by atoms with E-state index in [1.165, 1.54) is 9.75 Å². The third-order valence-electron chi connectivity index (χ3n) is 3.81. The fourth-order valence-corrected chi connectivity index (χ4v) is 4.17. The topological polar surface area (TPSA) is 48.4 Å². The number of aliphatic hydroxyl groups excluding tert-OH is 1. The van der Waals surface area contributed by atoms with Crippen LogP contribution in [-0.4, -0.2) is 33.3 Å². The standard InChI is InChI=1S/C16H19N3OS2/c1-11-6-7-13(22-11)15-14(12-5-2-3-8-17-12)18-16(21)19(15)9-4-10-20/h2-3,5-8,14-15,20H,4,9-10H2,1H3,(H,18,21). The number of rotatable bonds is 5. The van der Waals surface area contributed by atoms with E-state index < -0.39 is 0 Å². The van der Waals surface area contributed by atoms with Crippen molar-refractivity contribution in [3.8, 4) is 0 Å². The first kappa shape index (κ1) is 15.4. The molecule has 1 aliphatic rings. The number of thiocarbonyl (C=S) groups is 1. The van der Waals surface area contributed by atoms with E-state index in [2.05, 4.69) is 34.3 Å². The quantitative estimate of drug-likeness (QED) is 0.824. The van der Waals surface area contributed by atoms with E-state index in [1.54, 1.807) is 11.3 Å². The van der Waals surface area contributed by atoms with Gasteiger partial charge in [-0.25, -0.2) is 0 Å². The number of nitrogens with one attached hydrogen (secondary N) is 1. The summed E-state index contributed by atoms with van der Waals surface area (Å²) in [6.07, 6.45) is 2.52.